The second-order valence-corrected chi connectivity index (χ2v) is 3.20. The van der Waals surface area contributed by atoms with Gasteiger partial charge in [-0.15, -0.1) is 0 Å². The Balaban J connectivity index is 2.16. The van der Waals surface area contributed by atoms with Crippen LogP contribution in [0.15, 0.2) is 0 Å². The summed E-state index contributed by atoms with van der Waals surface area (Å²) in [5.41, 5.74) is 0. The monoisotopic (exact) mass is 156 g/mol. The Bertz CT molecular complexity index is 231. The van der Waals surface area contributed by atoms with Gasteiger partial charge in [0.15, 0.2) is 0 Å². The molecule has 0 aromatic carbocycles. The number of rotatable bonds is 1. The van der Waals surface area contributed by atoms with E-state index in [1.54, 1.807) is 0 Å². The molecule has 0 amide bonds. The summed E-state index contributed by atoms with van der Waals surface area (Å²) >= 11 is 0. The van der Waals surface area contributed by atoms with Crippen LogP contribution in [0.1, 0.15) is 6.42 Å². The van der Waals surface area contributed by atoms with Crippen LogP contribution in [-0.4, -0.2) is 28.1 Å². The number of hydrogen-bond donors (Lipinski definition) is 2. The van der Waals surface area contributed by atoms with Crippen LogP contribution in [0.25, 0.3) is 0 Å². The summed E-state index contributed by atoms with van der Waals surface area (Å²) in [7, 11) is 0. The quantitative estimate of drug-likeness (QED) is 0.524. The zero-order chi connectivity index (χ0) is 8.17. The van der Waals surface area contributed by atoms with Gasteiger partial charge in [0.1, 0.15) is 5.78 Å². The smallest absolute Gasteiger partial charge is 0.307 e. The number of carbonyl (C=O) groups excluding carboxylic acids is 1. The minimum Gasteiger partial charge on any atom is -0.481 e. The van der Waals surface area contributed by atoms with E-state index in [1.807, 2.05) is 0 Å². The van der Waals surface area contributed by atoms with Gasteiger partial charge in [-0.2, -0.15) is 0 Å². The summed E-state index contributed by atoms with van der Waals surface area (Å²) in [5, 5.41) is 17.7. The lowest BCUT2D eigenvalue weighted by molar-refractivity contribution is -0.141. The molecule has 2 fully saturated rings. The third-order valence-corrected chi connectivity index (χ3v) is 2.59. The highest BCUT2D eigenvalue weighted by molar-refractivity contribution is 5.95. The second-order valence-electron chi connectivity index (χ2n) is 3.20. The van der Waals surface area contributed by atoms with Gasteiger partial charge in [0.05, 0.1) is 12.0 Å². The summed E-state index contributed by atoms with van der Waals surface area (Å²) in [6.45, 7) is 0. The van der Waals surface area contributed by atoms with Crippen LogP contribution in [0.5, 0.6) is 0 Å². The van der Waals surface area contributed by atoms with E-state index in [4.69, 9.17) is 10.2 Å². The molecule has 4 heteroatoms. The maximum absolute atomic E-state index is 10.9. The number of aliphatic hydroxyl groups excluding tert-OH is 1. The first-order chi connectivity index (χ1) is 5.13. The lowest BCUT2D eigenvalue weighted by Gasteiger charge is -2.02. The average Bonchev–Trinajstić information content (AvgIpc) is 2.53. The standard InChI is InChI=1S/C7H8O4/c8-2-1-3(9)5-4(2)6(5)7(10)11/h2,4-6,8H,1H2,(H,10,11)/t2-,4?,5?,6-/m0/s1. The van der Waals surface area contributed by atoms with E-state index in [0.717, 1.165) is 0 Å². The molecule has 2 aliphatic rings. The minimum absolute atomic E-state index is 0.0881. The zero-order valence-corrected chi connectivity index (χ0v) is 5.73. The van der Waals surface area contributed by atoms with Crippen molar-refractivity contribution in [1.29, 1.82) is 0 Å². The van der Waals surface area contributed by atoms with Gasteiger partial charge in [-0.3, -0.25) is 9.59 Å². The molecule has 2 aliphatic carbocycles. The molecular weight excluding hydrogens is 148 g/mol. The lowest BCUT2D eigenvalue weighted by Crippen LogP contribution is -2.16. The highest BCUT2D eigenvalue weighted by Crippen LogP contribution is 2.55. The van der Waals surface area contributed by atoms with Gasteiger partial charge in [-0.05, 0) is 0 Å². The minimum atomic E-state index is -0.952. The fraction of sp³-hybridized carbons (Fsp3) is 0.714. The molecule has 0 aromatic rings. The third kappa shape index (κ3) is 0.728. The summed E-state index contributed by atoms with van der Waals surface area (Å²) < 4.78 is 0. The summed E-state index contributed by atoms with van der Waals surface area (Å²) in [6, 6.07) is 0. The molecule has 0 aromatic heterocycles. The molecule has 2 N–H and O–H groups in total. The highest BCUT2D eigenvalue weighted by atomic mass is 16.4. The maximum Gasteiger partial charge on any atom is 0.307 e. The topological polar surface area (TPSA) is 74.6 Å². The number of Topliss-reactive ketones (excluding diaryl/α,β-unsaturated/α-hetero) is 1. The van der Waals surface area contributed by atoms with Crippen LogP contribution in [0.4, 0.5) is 0 Å². The van der Waals surface area contributed by atoms with Gasteiger partial charge in [0.25, 0.3) is 0 Å². The molecule has 0 heterocycles. The summed E-state index contributed by atoms with van der Waals surface area (Å²) in [4.78, 5) is 21.3. The largest absolute Gasteiger partial charge is 0.481 e. The molecule has 2 rings (SSSR count). The molecule has 0 aliphatic heterocycles. The molecule has 4 atom stereocenters. The van der Waals surface area contributed by atoms with Crippen molar-refractivity contribution in [1.82, 2.24) is 0 Å². The van der Waals surface area contributed by atoms with Crippen molar-refractivity contribution in [3.05, 3.63) is 0 Å². The number of aliphatic hydroxyl groups is 1. The van der Waals surface area contributed by atoms with Gasteiger partial charge in [-0.25, -0.2) is 0 Å². The van der Waals surface area contributed by atoms with Crippen LogP contribution in [0.3, 0.4) is 0 Å². The van der Waals surface area contributed by atoms with Gasteiger partial charge < -0.3 is 10.2 Å². The van der Waals surface area contributed by atoms with E-state index in [2.05, 4.69) is 0 Å². The van der Waals surface area contributed by atoms with E-state index in [9.17, 15) is 9.59 Å². The molecule has 2 saturated carbocycles. The third-order valence-electron chi connectivity index (χ3n) is 2.59. The number of carboxylic acid groups (broad SMARTS) is 1. The normalized spacial score (nSPS) is 47.2. The maximum atomic E-state index is 10.9. The fourth-order valence-electron chi connectivity index (χ4n) is 2.02. The van der Waals surface area contributed by atoms with Crippen LogP contribution < -0.4 is 0 Å². The second kappa shape index (κ2) is 1.82. The average molecular weight is 156 g/mol. The molecule has 0 saturated heterocycles. The molecule has 4 nitrogen and oxygen atoms in total. The summed E-state index contributed by atoms with van der Waals surface area (Å²) in [6.07, 6.45) is -0.548. The SMILES string of the molecule is O=C1C[C@H](O)C2C1[C@H]2C(=O)O. The molecule has 0 bridgehead atoms. The Morgan fingerprint density at radius 1 is 1.55 bits per heavy atom. The molecule has 0 radical (unpaired) electrons. The van der Waals surface area contributed by atoms with Gasteiger partial charge in [0.2, 0.25) is 0 Å². The first-order valence-corrected chi connectivity index (χ1v) is 3.56. The number of hydrogen-bond acceptors (Lipinski definition) is 3. The van der Waals surface area contributed by atoms with Crippen molar-refractivity contribution >= 4 is 11.8 Å². The Kier molecular flexibility index (Phi) is 1.12. The molecule has 2 unspecified atom stereocenters. The Morgan fingerprint density at radius 2 is 2.18 bits per heavy atom. The molecular formula is C7H8O4. The highest BCUT2D eigenvalue weighted by Gasteiger charge is 2.66. The lowest BCUT2D eigenvalue weighted by atomic mass is 10.1. The van der Waals surface area contributed by atoms with Crippen molar-refractivity contribution in [3.63, 3.8) is 0 Å². The predicted octanol–water partition coefficient (Wildman–Crippen LogP) is -0.733. The molecule has 60 valence electrons. The van der Waals surface area contributed by atoms with Gasteiger partial charge in [-0.1, -0.05) is 0 Å². The zero-order valence-electron chi connectivity index (χ0n) is 5.73. The van der Waals surface area contributed by atoms with Crippen LogP contribution in [-0.2, 0) is 9.59 Å². The van der Waals surface area contributed by atoms with Crippen molar-refractivity contribution in [2.75, 3.05) is 0 Å². The first-order valence-electron chi connectivity index (χ1n) is 3.56. The van der Waals surface area contributed by atoms with E-state index in [0.29, 0.717) is 0 Å². The predicted molar refractivity (Wildman–Crippen MR) is 33.7 cm³/mol. The van der Waals surface area contributed by atoms with Crippen LogP contribution in [0.2, 0.25) is 0 Å². The Hall–Kier alpha value is -0.900. The number of carbonyl (C=O) groups is 2. The Labute approximate surface area is 62.8 Å². The number of ketones is 1. The van der Waals surface area contributed by atoms with Crippen molar-refractivity contribution in [2.45, 2.75) is 12.5 Å². The van der Waals surface area contributed by atoms with Crippen molar-refractivity contribution < 1.29 is 19.8 Å². The van der Waals surface area contributed by atoms with Crippen LogP contribution >= 0.6 is 0 Å². The van der Waals surface area contributed by atoms with Crippen molar-refractivity contribution in [2.24, 2.45) is 17.8 Å². The Morgan fingerprint density at radius 3 is 2.45 bits per heavy atom. The molecule has 11 heavy (non-hydrogen) atoms. The van der Waals surface area contributed by atoms with Gasteiger partial charge in [0, 0.05) is 18.3 Å². The number of aliphatic carboxylic acids is 1. The fourth-order valence-corrected chi connectivity index (χ4v) is 2.02. The van der Waals surface area contributed by atoms with Crippen molar-refractivity contribution in [3.8, 4) is 0 Å². The molecule has 0 spiro atoms. The van der Waals surface area contributed by atoms with E-state index in [1.165, 1.54) is 0 Å². The first kappa shape index (κ1) is 6.79. The van der Waals surface area contributed by atoms with E-state index in [-0.39, 0.29) is 24.0 Å². The van der Waals surface area contributed by atoms with E-state index >= 15 is 0 Å². The number of carboxylic acids is 1. The number of fused-ring (bicyclic) bond motifs is 1. The summed E-state index contributed by atoms with van der Waals surface area (Å²) in [5.74, 6) is -2.28. The van der Waals surface area contributed by atoms with Gasteiger partial charge >= 0.3 is 5.97 Å². The van der Waals surface area contributed by atoms with E-state index < -0.39 is 18.0 Å². The van der Waals surface area contributed by atoms with Crippen LogP contribution in [0, 0.1) is 17.8 Å².